The quantitative estimate of drug-likeness (QED) is 0.384. The minimum atomic E-state index is -1.15. The largest absolute Gasteiger partial charge is 1.00 e. The van der Waals surface area contributed by atoms with Gasteiger partial charge in [0.2, 0.25) is 0 Å². The smallest absolute Gasteiger partial charge is 1.00 e. The molecule has 0 aliphatic rings. The number of carbonyl (C=O) groups excluding carboxylic acids is 1. The second-order valence-corrected chi connectivity index (χ2v) is 7.11. The van der Waals surface area contributed by atoms with E-state index < -0.39 is 11.9 Å². The summed E-state index contributed by atoms with van der Waals surface area (Å²) in [6.07, 6.45) is 0. The Kier molecular flexibility index (Phi) is 9.28. The van der Waals surface area contributed by atoms with Crippen LogP contribution in [-0.4, -0.2) is 49.3 Å². The first-order chi connectivity index (χ1) is 14.9. The molecule has 0 bridgehead atoms. The summed E-state index contributed by atoms with van der Waals surface area (Å²) in [5.74, 6) is -1.92. The fourth-order valence-corrected chi connectivity index (χ4v) is 3.19. The van der Waals surface area contributed by atoms with Crippen molar-refractivity contribution in [3.8, 4) is 16.9 Å². The van der Waals surface area contributed by atoms with Gasteiger partial charge in [0.25, 0.3) is 5.91 Å². The van der Waals surface area contributed by atoms with Gasteiger partial charge in [0.15, 0.2) is 0 Å². The van der Waals surface area contributed by atoms with Gasteiger partial charge in [-0.25, -0.2) is 4.79 Å². The number of anilines is 2. The fourth-order valence-electron chi connectivity index (χ4n) is 3.19. The molecule has 3 aromatic carbocycles. The van der Waals surface area contributed by atoms with E-state index in [4.69, 9.17) is 0 Å². The molecule has 4 N–H and O–H groups in total. The van der Waals surface area contributed by atoms with Crippen LogP contribution in [0.4, 0.5) is 11.4 Å². The Balaban J connectivity index is 0.00000272. The van der Waals surface area contributed by atoms with Gasteiger partial charge in [-0.05, 0) is 48.5 Å². The number of aromatic carboxylic acids is 1. The number of rotatable bonds is 8. The molecule has 0 saturated carbocycles. The minimum absolute atomic E-state index is 0. The maximum Gasteiger partial charge on any atom is 1.00 e. The van der Waals surface area contributed by atoms with E-state index >= 15 is 0 Å². The third-order valence-corrected chi connectivity index (χ3v) is 4.97. The molecular weight excluding hydrogens is 417 g/mol. The van der Waals surface area contributed by atoms with Gasteiger partial charge in [-0.1, -0.05) is 36.4 Å². The van der Waals surface area contributed by atoms with Crippen LogP contribution in [0.15, 0.2) is 66.7 Å². The van der Waals surface area contributed by atoms with Crippen molar-refractivity contribution >= 4 is 23.3 Å². The Hall–Kier alpha value is -2.84. The van der Waals surface area contributed by atoms with Crippen molar-refractivity contribution in [2.45, 2.75) is 0 Å². The van der Waals surface area contributed by atoms with E-state index in [0.717, 1.165) is 23.4 Å². The summed E-state index contributed by atoms with van der Waals surface area (Å²) in [4.78, 5) is 26.6. The number of phenols is 1. The first-order valence-corrected chi connectivity index (χ1v) is 9.83. The number of likely N-dealkylation sites (N-methyl/N-ethyl adjacent to an activating group) is 2. The van der Waals surface area contributed by atoms with Crippen LogP contribution < -0.4 is 45.1 Å². The average Bonchev–Trinajstić information content (AvgIpc) is 2.78. The van der Waals surface area contributed by atoms with E-state index in [2.05, 4.69) is 10.6 Å². The van der Waals surface area contributed by atoms with Crippen molar-refractivity contribution in [3.05, 3.63) is 77.9 Å². The summed E-state index contributed by atoms with van der Waals surface area (Å²) < 4.78 is 0. The third-order valence-electron chi connectivity index (χ3n) is 4.97. The normalized spacial score (nSPS) is 10.2. The zero-order chi connectivity index (χ0) is 22.4. The van der Waals surface area contributed by atoms with E-state index in [1.165, 1.54) is 12.1 Å². The number of aromatic hydroxyl groups is 1. The van der Waals surface area contributed by atoms with Gasteiger partial charge in [0.1, 0.15) is 5.75 Å². The predicted octanol–water partition coefficient (Wildman–Crippen LogP) is 0.782. The Morgan fingerprint density at radius 1 is 0.969 bits per heavy atom. The van der Waals surface area contributed by atoms with Gasteiger partial charge in [-0.3, -0.25) is 4.79 Å². The second kappa shape index (κ2) is 11.7. The molecule has 3 rings (SSSR count). The summed E-state index contributed by atoms with van der Waals surface area (Å²) in [7, 11) is 3.74. The first kappa shape index (κ1) is 25.4. The van der Waals surface area contributed by atoms with Gasteiger partial charge in [-0.15, -0.1) is 0 Å². The van der Waals surface area contributed by atoms with Crippen LogP contribution in [0.25, 0.3) is 11.1 Å². The first-order valence-electron chi connectivity index (χ1n) is 9.83. The molecule has 3 aromatic rings. The number of nitrogens with zero attached hydrogens (tertiary/aromatic N) is 1. The molecule has 0 aliphatic heterocycles. The zero-order valence-corrected chi connectivity index (χ0v) is 20.4. The second-order valence-electron chi connectivity index (χ2n) is 7.11. The molecule has 0 unspecified atom stereocenters. The molecular formula is C24H26N3NaO4. The van der Waals surface area contributed by atoms with Crippen LogP contribution in [0.1, 0.15) is 22.1 Å². The van der Waals surface area contributed by atoms with Gasteiger partial charge in [0, 0.05) is 25.8 Å². The molecule has 8 heteroatoms. The molecule has 32 heavy (non-hydrogen) atoms. The molecule has 1 amide bonds. The van der Waals surface area contributed by atoms with Gasteiger partial charge < -0.3 is 27.2 Å². The minimum Gasteiger partial charge on any atom is -1.00 e. The van der Waals surface area contributed by atoms with Gasteiger partial charge in [0.05, 0.1) is 16.8 Å². The van der Waals surface area contributed by atoms with E-state index in [1.54, 1.807) is 24.3 Å². The van der Waals surface area contributed by atoms with Crippen molar-refractivity contribution in [3.63, 3.8) is 0 Å². The molecule has 0 spiro atoms. The van der Waals surface area contributed by atoms with Crippen molar-refractivity contribution in [1.29, 1.82) is 0 Å². The predicted molar refractivity (Wildman–Crippen MR) is 123 cm³/mol. The van der Waals surface area contributed by atoms with Gasteiger partial charge in [-0.2, -0.15) is 0 Å². The van der Waals surface area contributed by atoms with Crippen molar-refractivity contribution in [1.82, 2.24) is 5.32 Å². The molecule has 7 nitrogen and oxygen atoms in total. The average molecular weight is 443 g/mol. The van der Waals surface area contributed by atoms with E-state index in [9.17, 15) is 19.8 Å². The molecule has 0 saturated heterocycles. The number of carbonyl (C=O) groups is 2. The monoisotopic (exact) mass is 443 g/mol. The summed E-state index contributed by atoms with van der Waals surface area (Å²) in [6, 6.07) is 19.0. The Labute approximate surface area is 210 Å². The third kappa shape index (κ3) is 6.11. The number of carboxylic acid groups (broad SMARTS) is 1. The van der Waals surface area contributed by atoms with Crippen LogP contribution in [0.2, 0.25) is 0 Å². The number of hydrogen-bond acceptors (Lipinski definition) is 5. The van der Waals surface area contributed by atoms with Crippen molar-refractivity contribution in [2.24, 2.45) is 0 Å². The maximum absolute atomic E-state index is 13.0. The molecule has 0 aromatic heterocycles. The molecule has 162 valence electrons. The number of nitrogens with one attached hydrogen (secondary N) is 2. The van der Waals surface area contributed by atoms with E-state index in [0.29, 0.717) is 6.54 Å². The standard InChI is InChI=1S/C24H25N3O4.Na.H/c1-25-12-13-27(2)18-9-11-22(28)20(15-18)23(29)26-21-14-17(8-10-19(21)24(30)31)16-6-4-3-5-7-16;;/h3-11,14-15,25,28H,12-13H2,1-2H3,(H,26,29)(H,30,31);;/q;+1;-1. The van der Waals surface area contributed by atoms with Crippen LogP contribution in [-0.2, 0) is 0 Å². The summed E-state index contributed by atoms with van der Waals surface area (Å²) in [5, 5.41) is 25.5. The van der Waals surface area contributed by atoms with E-state index in [-0.39, 0.29) is 53.5 Å². The summed E-state index contributed by atoms with van der Waals surface area (Å²) in [5.41, 5.74) is 2.61. The number of amides is 1. The molecule has 0 fully saturated rings. The number of phenolic OH excluding ortho intramolecular Hbond substituents is 1. The molecule has 0 radical (unpaired) electrons. The van der Waals surface area contributed by atoms with Crippen LogP contribution in [0, 0.1) is 0 Å². The SMILES string of the molecule is CNCCN(C)c1ccc(O)c(C(=O)Nc2cc(-c3ccccc3)ccc2C(=O)O)c1.[H-].[Na+]. The maximum atomic E-state index is 13.0. The van der Waals surface area contributed by atoms with Crippen LogP contribution in [0.5, 0.6) is 5.75 Å². The van der Waals surface area contributed by atoms with Crippen LogP contribution >= 0.6 is 0 Å². The Bertz CT molecular complexity index is 1100. The zero-order valence-electron chi connectivity index (χ0n) is 19.4. The summed E-state index contributed by atoms with van der Waals surface area (Å²) >= 11 is 0. The number of benzene rings is 3. The van der Waals surface area contributed by atoms with Crippen molar-refractivity contribution < 1.29 is 50.8 Å². The van der Waals surface area contributed by atoms with Crippen molar-refractivity contribution in [2.75, 3.05) is 37.4 Å². The summed E-state index contributed by atoms with van der Waals surface area (Å²) in [6.45, 7) is 1.47. The van der Waals surface area contributed by atoms with Crippen LogP contribution in [0.3, 0.4) is 0 Å². The van der Waals surface area contributed by atoms with Gasteiger partial charge >= 0.3 is 35.5 Å². The Morgan fingerprint density at radius 3 is 2.34 bits per heavy atom. The fraction of sp³-hybridized carbons (Fsp3) is 0.167. The number of hydrogen-bond donors (Lipinski definition) is 4. The van der Waals surface area contributed by atoms with E-state index in [1.807, 2.05) is 49.3 Å². The molecule has 0 aliphatic carbocycles. The molecule has 0 atom stereocenters. The topological polar surface area (TPSA) is 102 Å². The number of carboxylic acids is 1. The molecule has 0 heterocycles. The Morgan fingerprint density at radius 2 is 1.69 bits per heavy atom.